The maximum atomic E-state index is 9.54. The summed E-state index contributed by atoms with van der Waals surface area (Å²) in [6.45, 7) is -2.58. The molecular formula is C2H5NO2. The highest BCUT2D eigenvalue weighted by molar-refractivity contribution is 5.63. The second-order valence-electron chi connectivity index (χ2n) is 0.430. The van der Waals surface area contributed by atoms with E-state index in [4.69, 9.17) is 9.22 Å². The van der Waals surface area contributed by atoms with E-state index in [1.165, 1.54) is 5.32 Å². The summed E-state index contributed by atoms with van der Waals surface area (Å²) < 4.78 is 18.9. The van der Waals surface area contributed by atoms with Gasteiger partial charge in [0, 0.05) is 11.1 Å². The van der Waals surface area contributed by atoms with Gasteiger partial charge in [0.25, 0.3) is 0 Å². The fraction of sp³-hybridized carbons (Fsp3) is 0.500. The maximum Gasteiger partial charge on any atom is 0.404 e. The normalized spacial score (nSPS) is 18.0. The highest BCUT2D eigenvalue weighted by Gasteiger charge is 1.76. The molecule has 0 radical (unpaired) electrons. The summed E-state index contributed by atoms with van der Waals surface area (Å²) in [5, 5.41) is 9.08. The smallest absolute Gasteiger partial charge is 0.404 e. The van der Waals surface area contributed by atoms with Crippen molar-refractivity contribution in [1.29, 1.82) is 0 Å². The molecule has 0 spiro atoms. The molecule has 2 N–H and O–H groups in total. The van der Waals surface area contributed by atoms with E-state index in [2.05, 4.69) is 0 Å². The number of carboxylic acid groups (broad SMARTS) is 1. The van der Waals surface area contributed by atoms with Gasteiger partial charge in [-0.15, -0.1) is 0 Å². The minimum Gasteiger partial charge on any atom is -0.465 e. The lowest BCUT2D eigenvalue weighted by atomic mass is 11.2. The molecule has 0 aromatic heterocycles. The quantitative estimate of drug-likeness (QED) is 0.398. The first kappa shape index (κ1) is 1.16. The van der Waals surface area contributed by atoms with Gasteiger partial charge in [0.05, 0.1) is 0 Å². The van der Waals surface area contributed by atoms with Crippen molar-refractivity contribution in [2.45, 2.75) is 0 Å². The molecule has 0 fully saturated rings. The average molecular weight is 79.1 g/mol. The summed E-state index contributed by atoms with van der Waals surface area (Å²) >= 11 is 0. The molecule has 0 unspecified atom stereocenters. The zero-order chi connectivity index (χ0) is 6.78. The van der Waals surface area contributed by atoms with Crippen LogP contribution in [0.2, 0.25) is 0 Å². The summed E-state index contributed by atoms with van der Waals surface area (Å²) in [5.41, 5.74) is 0. The van der Waals surface area contributed by atoms with Crippen LogP contribution >= 0.6 is 0 Å². The van der Waals surface area contributed by atoms with Crippen molar-refractivity contribution in [3.05, 3.63) is 0 Å². The lowest BCUT2D eigenvalue weighted by Crippen LogP contribution is -2.13. The molecule has 1 amide bonds. The summed E-state index contributed by atoms with van der Waals surface area (Å²) in [6, 6.07) is 0. The highest BCUT2D eigenvalue weighted by atomic mass is 16.4. The monoisotopic (exact) mass is 79.1 g/mol. The topological polar surface area (TPSA) is 49.3 Å². The van der Waals surface area contributed by atoms with Crippen LogP contribution in [0.25, 0.3) is 0 Å². The Morgan fingerprint density at radius 2 is 3.00 bits per heavy atom. The van der Waals surface area contributed by atoms with E-state index in [-0.39, 0.29) is 0 Å². The Kier molecular flexibility index (Phi) is 0.366. The zero-order valence-electron chi connectivity index (χ0n) is 5.36. The van der Waals surface area contributed by atoms with E-state index in [1.807, 2.05) is 0 Å². The van der Waals surface area contributed by atoms with Gasteiger partial charge in [0.1, 0.15) is 0 Å². The van der Waals surface area contributed by atoms with E-state index in [0.717, 1.165) is 0 Å². The molecule has 3 nitrogen and oxygen atoms in total. The van der Waals surface area contributed by atoms with Crippen molar-refractivity contribution in [3.63, 3.8) is 0 Å². The Morgan fingerprint density at radius 1 is 2.40 bits per heavy atom. The van der Waals surface area contributed by atoms with Crippen molar-refractivity contribution in [2.75, 3.05) is 6.98 Å². The van der Waals surface area contributed by atoms with Crippen LogP contribution in [0.1, 0.15) is 4.11 Å². The molecule has 0 saturated heterocycles. The van der Waals surface area contributed by atoms with Crippen molar-refractivity contribution in [3.8, 4) is 0 Å². The van der Waals surface area contributed by atoms with Gasteiger partial charge in [0.15, 0.2) is 0 Å². The van der Waals surface area contributed by atoms with E-state index in [0.29, 0.717) is 0 Å². The van der Waals surface area contributed by atoms with Crippen molar-refractivity contribution < 1.29 is 14.0 Å². The summed E-state index contributed by atoms with van der Waals surface area (Å²) in [7, 11) is 0. The van der Waals surface area contributed by atoms with Crippen LogP contribution < -0.4 is 5.32 Å². The lowest BCUT2D eigenvalue weighted by molar-refractivity contribution is 0.197. The Hall–Kier alpha value is -0.730. The molecular weight excluding hydrogens is 71.0 g/mol. The Labute approximate surface area is 33.8 Å². The van der Waals surface area contributed by atoms with E-state index in [9.17, 15) is 4.79 Å². The van der Waals surface area contributed by atoms with Crippen LogP contribution in [0, 0.1) is 0 Å². The van der Waals surface area contributed by atoms with Gasteiger partial charge in [-0.05, 0) is 0 Å². The SMILES string of the molecule is [2H][13C]([2H])([2H])NC(=O)O. The molecule has 0 heterocycles. The predicted octanol–water partition coefficient (Wildman–Crippen LogP) is -0.116. The van der Waals surface area contributed by atoms with Crippen LogP contribution in [-0.2, 0) is 0 Å². The fourth-order valence-electron chi connectivity index (χ4n) is 0. The molecule has 0 atom stereocenters. The second-order valence-corrected chi connectivity index (χ2v) is 0.430. The molecule has 0 rings (SSSR count). The molecule has 0 aliphatic heterocycles. The zero-order valence-corrected chi connectivity index (χ0v) is 2.36. The van der Waals surface area contributed by atoms with Crippen LogP contribution in [0.3, 0.4) is 0 Å². The fourth-order valence-corrected chi connectivity index (χ4v) is 0. The third kappa shape index (κ3) is 3.27. The molecule has 30 valence electrons. The average Bonchev–Trinajstić information content (AvgIpc) is 1.21. The summed E-state index contributed by atoms with van der Waals surface area (Å²) in [5.74, 6) is 0. The van der Waals surface area contributed by atoms with Crippen molar-refractivity contribution in [2.24, 2.45) is 0 Å². The second kappa shape index (κ2) is 1.58. The Balaban J connectivity index is 3.55. The van der Waals surface area contributed by atoms with E-state index in [1.54, 1.807) is 0 Å². The maximum absolute atomic E-state index is 9.54. The molecule has 0 aromatic carbocycles. The molecule has 5 heavy (non-hydrogen) atoms. The number of carbonyl (C=O) groups is 1. The van der Waals surface area contributed by atoms with Crippen LogP contribution in [-0.4, -0.2) is 18.2 Å². The third-order valence-electron chi connectivity index (χ3n) is 0.107. The molecule has 0 aromatic rings. The first-order valence-corrected chi connectivity index (χ1v) is 0.928. The molecule has 0 aliphatic carbocycles. The van der Waals surface area contributed by atoms with Gasteiger partial charge >= 0.3 is 6.09 Å². The largest absolute Gasteiger partial charge is 0.465 e. The molecule has 0 bridgehead atoms. The summed E-state index contributed by atoms with van der Waals surface area (Å²) in [4.78, 5) is 9.54. The highest BCUT2D eigenvalue weighted by Crippen LogP contribution is 1.45. The first-order valence-electron chi connectivity index (χ1n) is 2.43. The van der Waals surface area contributed by atoms with Gasteiger partial charge in [-0.1, -0.05) is 0 Å². The molecule has 0 aliphatic rings. The number of rotatable bonds is 0. The van der Waals surface area contributed by atoms with Crippen LogP contribution in [0.4, 0.5) is 4.79 Å². The van der Waals surface area contributed by atoms with Crippen molar-refractivity contribution >= 4 is 6.09 Å². The molecule has 3 heteroatoms. The van der Waals surface area contributed by atoms with E-state index < -0.39 is 13.1 Å². The lowest BCUT2D eigenvalue weighted by Gasteiger charge is -1.78. The van der Waals surface area contributed by atoms with Crippen molar-refractivity contribution in [1.82, 2.24) is 5.32 Å². The number of amides is 1. The van der Waals surface area contributed by atoms with Gasteiger partial charge < -0.3 is 10.4 Å². The standard InChI is InChI=1S/C2H5NO2/c1-3-2(4)5/h3H,1H3,(H,4,5)/i1+1D3. The van der Waals surface area contributed by atoms with Gasteiger partial charge in [-0.25, -0.2) is 4.79 Å². The minimum absolute atomic E-state index is 1.30. The predicted molar refractivity (Wildman–Crippen MR) is 17.1 cm³/mol. The van der Waals surface area contributed by atoms with Gasteiger partial charge in [0.2, 0.25) is 0 Å². The van der Waals surface area contributed by atoms with Gasteiger partial charge in [-0.3, -0.25) is 0 Å². The number of nitrogens with one attached hydrogen (secondary N) is 1. The van der Waals surface area contributed by atoms with Gasteiger partial charge in [-0.2, -0.15) is 0 Å². The third-order valence-corrected chi connectivity index (χ3v) is 0.107. The Bertz CT molecular complexity index is 97.9. The first-order chi connectivity index (χ1) is 3.42. The number of hydrogen-bond acceptors (Lipinski definition) is 1. The van der Waals surface area contributed by atoms with Crippen LogP contribution in [0.5, 0.6) is 0 Å². The Morgan fingerprint density at radius 3 is 3.00 bits per heavy atom. The van der Waals surface area contributed by atoms with E-state index >= 15 is 0 Å². The van der Waals surface area contributed by atoms with Crippen LogP contribution in [0.15, 0.2) is 0 Å². The summed E-state index contributed by atoms with van der Waals surface area (Å²) in [6.07, 6.45) is -1.54. The number of hydrogen-bond donors (Lipinski definition) is 2. The molecule has 0 saturated carbocycles. The minimum atomic E-state index is -2.58.